The molecule has 5 nitrogen and oxygen atoms in total. The van der Waals surface area contributed by atoms with E-state index in [1.54, 1.807) is 4.31 Å². The number of rotatable bonds is 6. The first-order chi connectivity index (χ1) is 10.1. The average Bonchev–Trinajstić information content (AvgIpc) is 2.73. The van der Waals surface area contributed by atoms with Gasteiger partial charge in [0.15, 0.2) is 0 Å². The Balaban J connectivity index is 1.80. The lowest BCUT2D eigenvalue weighted by Gasteiger charge is -2.28. The molecule has 0 aromatic carbocycles. The third kappa shape index (κ3) is 5.51. The molecule has 0 saturated carbocycles. The molecule has 1 unspecified atom stereocenters. The van der Waals surface area contributed by atoms with Crippen LogP contribution in [0.15, 0.2) is 0 Å². The van der Waals surface area contributed by atoms with Crippen molar-refractivity contribution < 1.29 is 8.42 Å². The summed E-state index contributed by atoms with van der Waals surface area (Å²) in [6.45, 7) is 8.23. The van der Waals surface area contributed by atoms with Crippen molar-refractivity contribution in [3.63, 3.8) is 0 Å². The summed E-state index contributed by atoms with van der Waals surface area (Å²) in [5.74, 6) is 1.01. The lowest BCUT2D eigenvalue weighted by molar-refractivity contribution is 0.252. The van der Waals surface area contributed by atoms with Crippen LogP contribution in [0.1, 0.15) is 39.0 Å². The van der Waals surface area contributed by atoms with E-state index in [4.69, 9.17) is 0 Å². The van der Waals surface area contributed by atoms with Crippen LogP contribution in [-0.2, 0) is 10.0 Å². The summed E-state index contributed by atoms with van der Waals surface area (Å²) in [5, 5.41) is 3.30. The molecule has 2 aliphatic rings. The van der Waals surface area contributed by atoms with Crippen LogP contribution < -0.4 is 5.32 Å². The molecule has 1 N–H and O–H groups in total. The van der Waals surface area contributed by atoms with Crippen molar-refractivity contribution >= 4 is 10.0 Å². The first-order valence-electron chi connectivity index (χ1n) is 8.52. The minimum Gasteiger partial charge on any atom is -0.314 e. The van der Waals surface area contributed by atoms with Gasteiger partial charge in [-0.3, -0.25) is 4.90 Å². The molecule has 21 heavy (non-hydrogen) atoms. The first kappa shape index (κ1) is 17.2. The maximum absolute atomic E-state index is 12.5. The van der Waals surface area contributed by atoms with Gasteiger partial charge >= 0.3 is 0 Å². The predicted octanol–water partition coefficient (Wildman–Crippen LogP) is 1.12. The second-order valence-corrected chi connectivity index (χ2v) is 8.48. The summed E-state index contributed by atoms with van der Waals surface area (Å²) < 4.78 is 26.8. The third-order valence-corrected chi connectivity index (χ3v) is 6.62. The Kier molecular flexibility index (Phi) is 6.92. The molecule has 2 aliphatic heterocycles. The normalized spacial score (nSPS) is 26.6. The zero-order valence-electron chi connectivity index (χ0n) is 13.4. The van der Waals surface area contributed by atoms with Crippen LogP contribution >= 0.6 is 0 Å². The largest absolute Gasteiger partial charge is 0.314 e. The molecule has 0 amide bonds. The van der Waals surface area contributed by atoms with Gasteiger partial charge in [-0.15, -0.1) is 0 Å². The highest BCUT2D eigenvalue weighted by Crippen LogP contribution is 2.23. The van der Waals surface area contributed by atoms with E-state index in [-0.39, 0.29) is 5.75 Å². The van der Waals surface area contributed by atoms with Crippen LogP contribution in [0.3, 0.4) is 0 Å². The van der Waals surface area contributed by atoms with Crippen molar-refractivity contribution in [2.75, 3.05) is 51.6 Å². The topological polar surface area (TPSA) is 52.7 Å². The number of nitrogens with one attached hydrogen (secondary N) is 1. The number of nitrogens with zero attached hydrogens (tertiary/aromatic N) is 2. The molecular formula is C15H31N3O2S. The third-order valence-electron chi connectivity index (χ3n) is 4.77. The van der Waals surface area contributed by atoms with E-state index in [2.05, 4.69) is 17.1 Å². The minimum atomic E-state index is -3.07. The number of hydrogen-bond acceptors (Lipinski definition) is 4. The van der Waals surface area contributed by atoms with E-state index >= 15 is 0 Å². The van der Waals surface area contributed by atoms with Crippen LogP contribution in [0.4, 0.5) is 0 Å². The van der Waals surface area contributed by atoms with Crippen LogP contribution in [0, 0.1) is 5.92 Å². The Morgan fingerprint density at radius 3 is 2.57 bits per heavy atom. The quantitative estimate of drug-likeness (QED) is 0.798. The van der Waals surface area contributed by atoms with Gasteiger partial charge in [0, 0.05) is 45.8 Å². The van der Waals surface area contributed by atoms with Gasteiger partial charge in [-0.1, -0.05) is 19.8 Å². The van der Waals surface area contributed by atoms with E-state index in [9.17, 15) is 8.42 Å². The molecule has 0 aliphatic carbocycles. The summed E-state index contributed by atoms with van der Waals surface area (Å²) in [5.41, 5.74) is 0. The number of hydrogen-bond donors (Lipinski definition) is 1. The monoisotopic (exact) mass is 317 g/mol. The Morgan fingerprint density at radius 2 is 1.86 bits per heavy atom. The molecule has 2 heterocycles. The zero-order valence-corrected chi connectivity index (χ0v) is 14.2. The molecule has 0 aromatic heterocycles. The van der Waals surface area contributed by atoms with Crippen molar-refractivity contribution in [1.29, 1.82) is 0 Å². The van der Waals surface area contributed by atoms with Gasteiger partial charge in [0.05, 0.1) is 5.75 Å². The highest BCUT2D eigenvalue weighted by atomic mass is 32.2. The van der Waals surface area contributed by atoms with E-state index in [0.717, 1.165) is 58.0 Å². The van der Waals surface area contributed by atoms with Crippen molar-refractivity contribution in [3.05, 3.63) is 0 Å². The molecule has 1 atom stereocenters. The summed E-state index contributed by atoms with van der Waals surface area (Å²) in [6, 6.07) is 0. The summed E-state index contributed by atoms with van der Waals surface area (Å²) in [4.78, 5) is 2.26. The fourth-order valence-electron chi connectivity index (χ4n) is 3.42. The lowest BCUT2D eigenvalue weighted by Crippen LogP contribution is -2.46. The standard InChI is InChI=1S/C15H31N3O2S/c1-2-4-15-5-3-9-18(10-6-15)21(19,20)14-13-17-11-7-16-8-12-17/h15-16H,2-14H2,1H3. The van der Waals surface area contributed by atoms with Crippen LogP contribution in [0.25, 0.3) is 0 Å². The molecule has 0 spiro atoms. The Bertz CT molecular complexity index is 394. The van der Waals surface area contributed by atoms with Gasteiger partial charge in [-0.2, -0.15) is 0 Å². The maximum Gasteiger partial charge on any atom is 0.215 e. The van der Waals surface area contributed by atoms with E-state index in [1.165, 1.54) is 19.3 Å². The van der Waals surface area contributed by atoms with Crippen LogP contribution in [0.2, 0.25) is 0 Å². The van der Waals surface area contributed by atoms with E-state index in [1.807, 2.05) is 0 Å². The van der Waals surface area contributed by atoms with Gasteiger partial charge in [-0.25, -0.2) is 12.7 Å². The molecule has 2 rings (SSSR count). The van der Waals surface area contributed by atoms with Crippen LogP contribution in [-0.4, -0.2) is 69.2 Å². The summed E-state index contributed by atoms with van der Waals surface area (Å²) >= 11 is 0. The maximum atomic E-state index is 12.5. The highest BCUT2D eigenvalue weighted by Gasteiger charge is 2.26. The van der Waals surface area contributed by atoms with Crippen molar-refractivity contribution in [2.24, 2.45) is 5.92 Å². The number of piperazine rings is 1. The molecule has 0 bridgehead atoms. The highest BCUT2D eigenvalue weighted by molar-refractivity contribution is 7.89. The minimum absolute atomic E-state index is 0.283. The SMILES string of the molecule is CCCC1CCCN(S(=O)(=O)CCN2CCNCC2)CC1. The van der Waals surface area contributed by atoms with Gasteiger partial charge in [-0.05, 0) is 25.2 Å². The summed E-state index contributed by atoms with van der Waals surface area (Å²) in [6.07, 6.45) is 5.71. The molecule has 124 valence electrons. The molecular weight excluding hydrogens is 286 g/mol. The van der Waals surface area contributed by atoms with Crippen molar-refractivity contribution in [2.45, 2.75) is 39.0 Å². The zero-order chi connectivity index (χ0) is 15.1. The molecule has 2 saturated heterocycles. The molecule has 2 fully saturated rings. The van der Waals surface area contributed by atoms with Crippen LogP contribution in [0.5, 0.6) is 0 Å². The average molecular weight is 317 g/mol. The lowest BCUT2D eigenvalue weighted by atomic mass is 9.96. The Labute approximate surface area is 130 Å². The Hall–Kier alpha value is -0.170. The predicted molar refractivity (Wildman–Crippen MR) is 86.9 cm³/mol. The second-order valence-electron chi connectivity index (χ2n) is 6.39. The van der Waals surface area contributed by atoms with Gasteiger partial charge < -0.3 is 5.32 Å². The fraction of sp³-hybridized carbons (Fsp3) is 1.00. The van der Waals surface area contributed by atoms with Crippen molar-refractivity contribution in [3.8, 4) is 0 Å². The van der Waals surface area contributed by atoms with E-state index in [0.29, 0.717) is 6.54 Å². The van der Waals surface area contributed by atoms with E-state index < -0.39 is 10.0 Å². The molecule has 0 radical (unpaired) electrons. The van der Waals surface area contributed by atoms with Gasteiger partial charge in [0.1, 0.15) is 0 Å². The fourth-order valence-corrected chi connectivity index (χ4v) is 4.96. The second kappa shape index (κ2) is 8.46. The molecule has 0 aromatic rings. The van der Waals surface area contributed by atoms with Gasteiger partial charge in [0.25, 0.3) is 0 Å². The molecule has 6 heteroatoms. The van der Waals surface area contributed by atoms with Crippen molar-refractivity contribution in [1.82, 2.24) is 14.5 Å². The summed E-state index contributed by atoms with van der Waals surface area (Å²) in [7, 11) is -3.07. The van der Waals surface area contributed by atoms with Gasteiger partial charge in [0.2, 0.25) is 10.0 Å². The number of sulfonamides is 1. The smallest absolute Gasteiger partial charge is 0.215 e. The Morgan fingerprint density at radius 1 is 1.10 bits per heavy atom. The first-order valence-corrected chi connectivity index (χ1v) is 10.1.